The van der Waals surface area contributed by atoms with Crippen LogP contribution in [0.15, 0.2) is 18.2 Å². The molecule has 1 aromatic carbocycles. The Morgan fingerprint density at radius 3 is 2.44 bits per heavy atom. The van der Waals surface area contributed by atoms with Crippen LogP contribution < -0.4 is 20.7 Å². The summed E-state index contributed by atoms with van der Waals surface area (Å²) in [6.07, 6.45) is -8.39. The van der Waals surface area contributed by atoms with E-state index in [0.29, 0.717) is 0 Å². The van der Waals surface area contributed by atoms with Crippen molar-refractivity contribution in [3.05, 3.63) is 18.2 Å². The van der Waals surface area contributed by atoms with Crippen molar-refractivity contribution in [2.24, 2.45) is 5.73 Å². The van der Waals surface area contributed by atoms with Gasteiger partial charge in [0.25, 0.3) is 18.2 Å². The lowest BCUT2D eigenvalue weighted by molar-refractivity contribution is -0.160. The summed E-state index contributed by atoms with van der Waals surface area (Å²) in [5, 5.41) is 1.97. The van der Waals surface area contributed by atoms with Crippen molar-refractivity contribution in [1.82, 2.24) is 4.90 Å². The molecule has 1 heterocycles. The van der Waals surface area contributed by atoms with Crippen molar-refractivity contribution < 1.29 is 54.6 Å². The second-order valence-electron chi connectivity index (χ2n) is 6.89. The highest BCUT2D eigenvalue weighted by atomic mass is 19.4. The zero-order valence-corrected chi connectivity index (χ0v) is 17.2. The van der Waals surface area contributed by atoms with E-state index in [0.717, 1.165) is 23.1 Å². The minimum atomic E-state index is -5.05. The van der Waals surface area contributed by atoms with Gasteiger partial charge in [-0.25, -0.2) is 8.78 Å². The minimum absolute atomic E-state index is 0.00603. The number of anilines is 2. The molecule has 0 aromatic heterocycles. The molecule has 1 saturated heterocycles. The number of hydrogen-bond donors (Lipinski definition) is 2. The van der Waals surface area contributed by atoms with Crippen LogP contribution in [0.5, 0.6) is 5.75 Å². The first-order chi connectivity index (χ1) is 15.8. The maximum atomic E-state index is 12.9. The Labute approximate surface area is 187 Å². The van der Waals surface area contributed by atoms with Crippen molar-refractivity contribution in [2.75, 3.05) is 43.1 Å². The predicted octanol–water partition coefficient (Wildman–Crippen LogP) is 1.57. The number of alkyl halides is 7. The molecule has 3 amide bonds. The SMILES string of the molecule is NC(=O)[C@H](C(=O)Nc1ccc(N2CCOCC2=O)c(OC(F)F)c1)N(CC(F)F)CC(F)(F)F. The van der Waals surface area contributed by atoms with Gasteiger partial charge < -0.3 is 25.4 Å². The third-order valence-electron chi connectivity index (χ3n) is 4.36. The van der Waals surface area contributed by atoms with Crippen LogP contribution in [0.3, 0.4) is 0 Å². The summed E-state index contributed by atoms with van der Waals surface area (Å²) in [6.45, 7) is -7.24. The molecule has 0 aliphatic carbocycles. The smallest absolute Gasteiger partial charge is 0.401 e. The Morgan fingerprint density at radius 1 is 1.24 bits per heavy atom. The van der Waals surface area contributed by atoms with Gasteiger partial charge in [0, 0.05) is 18.3 Å². The molecule has 9 nitrogen and oxygen atoms in total. The number of benzene rings is 1. The number of carbonyl (C=O) groups is 3. The molecule has 1 aliphatic heterocycles. The Bertz CT molecular complexity index is 900. The minimum Gasteiger partial charge on any atom is -0.433 e. The molecule has 0 radical (unpaired) electrons. The van der Waals surface area contributed by atoms with E-state index in [1.807, 2.05) is 5.32 Å². The van der Waals surface area contributed by atoms with Crippen LogP contribution in [0.1, 0.15) is 0 Å². The summed E-state index contributed by atoms with van der Waals surface area (Å²) in [5.41, 5.74) is 4.52. The number of nitrogens with one attached hydrogen (secondary N) is 1. The van der Waals surface area contributed by atoms with Crippen LogP contribution in [0.25, 0.3) is 0 Å². The van der Waals surface area contributed by atoms with E-state index in [-0.39, 0.29) is 36.0 Å². The van der Waals surface area contributed by atoms with Gasteiger partial charge in [0.2, 0.25) is 5.91 Å². The summed E-state index contributed by atoms with van der Waals surface area (Å²) in [4.78, 5) is 37.1. The molecule has 1 atom stereocenters. The summed E-state index contributed by atoms with van der Waals surface area (Å²) >= 11 is 0. The lowest BCUT2D eigenvalue weighted by Crippen LogP contribution is -2.55. The van der Waals surface area contributed by atoms with E-state index in [2.05, 4.69) is 4.74 Å². The van der Waals surface area contributed by atoms with Crippen molar-refractivity contribution >= 4 is 29.1 Å². The summed E-state index contributed by atoms with van der Waals surface area (Å²) < 4.78 is 99.1. The quantitative estimate of drug-likeness (QED) is 0.370. The number of halogens is 7. The molecule has 1 aromatic rings. The Hall–Kier alpha value is -3.14. The average Bonchev–Trinajstić information content (AvgIpc) is 2.66. The molecule has 3 N–H and O–H groups in total. The van der Waals surface area contributed by atoms with Gasteiger partial charge >= 0.3 is 12.8 Å². The highest BCUT2D eigenvalue weighted by Crippen LogP contribution is 2.34. The number of primary amides is 1. The lowest BCUT2D eigenvalue weighted by Gasteiger charge is -2.30. The topological polar surface area (TPSA) is 114 Å². The Kier molecular flexibility index (Phi) is 9.03. The van der Waals surface area contributed by atoms with Crippen molar-refractivity contribution in [3.63, 3.8) is 0 Å². The van der Waals surface area contributed by atoms with Gasteiger partial charge in [-0.1, -0.05) is 0 Å². The van der Waals surface area contributed by atoms with Gasteiger partial charge in [-0.15, -0.1) is 0 Å². The number of nitrogens with two attached hydrogens (primary N) is 1. The van der Waals surface area contributed by atoms with Gasteiger partial charge in [0.1, 0.15) is 6.61 Å². The Morgan fingerprint density at radius 2 is 1.91 bits per heavy atom. The molecule has 0 bridgehead atoms. The van der Waals surface area contributed by atoms with Crippen LogP contribution in [0.4, 0.5) is 42.1 Å². The summed E-state index contributed by atoms with van der Waals surface area (Å²) in [5.74, 6) is -4.33. The molecule has 1 fully saturated rings. The normalized spacial score (nSPS) is 15.7. The zero-order valence-electron chi connectivity index (χ0n) is 17.2. The summed E-state index contributed by atoms with van der Waals surface area (Å²) in [6, 6.07) is 0.535. The molecule has 0 spiro atoms. The Balaban J connectivity index is 2.33. The van der Waals surface area contributed by atoms with Crippen LogP contribution in [-0.4, -0.2) is 80.7 Å². The highest BCUT2D eigenvalue weighted by Gasteiger charge is 2.40. The molecular formula is C18H19F7N4O5. The highest BCUT2D eigenvalue weighted by molar-refractivity contribution is 6.09. The first-order valence-corrected chi connectivity index (χ1v) is 9.44. The number of carbonyl (C=O) groups excluding carboxylic acids is 3. The zero-order chi connectivity index (χ0) is 25.6. The maximum absolute atomic E-state index is 12.9. The van der Waals surface area contributed by atoms with Crippen LogP contribution >= 0.6 is 0 Å². The molecule has 0 unspecified atom stereocenters. The third-order valence-corrected chi connectivity index (χ3v) is 4.36. The van der Waals surface area contributed by atoms with Crippen molar-refractivity contribution in [3.8, 4) is 5.75 Å². The first kappa shape index (κ1) is 27.1. The maximum Gasteiger partial charge on any atom is 0.401 e. The van der Waals surface area contributed by atoms with Gasteiger partial charge in [-0.2, -0.15) is 22.0 Å². The standard InChI is InChI=1S/C18H19F7N4O5/c19-12(20)6-28(8-18(23,24)25)14(15(26)31)16(32)27-9-1-2-10(11(5-9)34-17(21)22)29-3-4-33-7-13(29)30/h1-2,5,12,14,17H,3-4,6-8H2,(H2,26,31)(H,27,32)/t14-/m1/s1. The molecular weight excluding hydrogens is 485 g/mol. The van der Waals surface area contributed by atoms with E-state index in [4.69, 9.17) is 10.5 Å². The fourth-order valence-electron chi connectivity index (χ4n) is 3.13. The van der Waals surface area contributed by atoms with Crippen LogP contribution in [0.2, 0.25) is 0 Å². The second-order valence-corrected chi connectivity index (χ2v) is 6.89. The first-order valence-electron chi connectivity index (χ1n) is 9.44. The molecule has 0 saturated carbocycles. The number of amides is 3. The largest absolute Gasteiger partial charge is 0.433 e. The van der Waals surface area contributed by atoms with E-state index < -0.39 is 61.8 Å². The van der Waals surface area contributed by atoms with E-state index in [1.165, 1.54) is 0 Å². The number of rotatable bonds is 10. The van der Waals surface area contributed by atoms with E-state index >= 15 is 0 Å². The number of hydrogen-bond acceptors (Lipinski definition) is 6. The average molecular weight is 504 g/mol. The third kappa shape index (κ3) is 7.72. The fourth-order valence-corrected chi connectivity index (χ4v) is 3.13. The number of morpholine rings is 1. The lowest BCUT2D eigenvalue weighted by atomic mass is 10.1. The number of ether oxygens (including phenoxy) is 2. The molecule has 34 heavy (non-hydrogen) atoms. The fraction of sp³-hybridized carbons (Fsp3) is 0.500. The van der Waals surface area contributed by atoms with Crippen molar-refractivity contribution in [1.29, 1.82) is 0 Å². The van der Waals surface area contributed by atoms with E-state index in [9.17, 15) is 45.1 Å². The van der Waals surface area contributed by atoms with Gasteiger partial charge in [0.05, 0.1) is 25.4 Å². The van der Waals surface area contributed by atoms with Gasteiger partial charge in [0.15, 0.2) is 11.8 Å². The van der Waals surface area contributed by atoms with Crippen LogP contribution in [-0.2, 0) is 19.1 Å². The molecule has 1 aliphatic rings. The summed E-state index contributed by atoms with van der Waals surface area (Å²) in [7, 11) is 0. The van der Waals surface area contributed by atoms with Crippen molar-refractivity contribution in [2.45, 2.75) is 25.3 Å². The van der Waals surface area contributed by atoms with Gasteiger partial charge in [-0.3, -0.25) is 19.3 Å². The molecule has 190 valence electrons. The second kappa shape index (κ2) is 11.3. The molecule has 2 rings (SSSR count). The van der Waals surface area contributed by atoms with E-state index in [1.54, 1.807) is 0 Å². The van der Waals surface area contributed by atoms with Crippen LogP contribution in [0, 0.1) is 0 Å². The van der Waals surface area contributed by atoms with Gasteiger partial charge in [-0.05, 0) is 12.1 Å². The predicted molar refractivity (Wildman–Crippen MR) is 101 cm³/mol. The molecule has 16 heteroatoms. The monoisotopic (exact) mass is 504 g/mol. The number of nitrogens with zero attached hydrogens (tertiary/aromatic N) is 2.